The third kappa shape index (κ3) is 3.07. The van der Waals surface area contributed by atoms with Crippen LogP contribution in [0.1, 0.15) is 39.4 Å². The molecule has 0 aliphatic rings. The molecule has 1 aromatic heterocycles. The van der Waals surface area contributed by atoms with Crippen molar-refractivity contribution in [3.63, 3.8) is 0 Å². The summed E-state index contributed by atoms with van der Waals surface area (Å²) in [6.07, 6.45) is 1.34. The number of rotatable bonds is 1. The summed E-state index contributed by atoms with van der Waals surface area (Å²) in [5.74, 6) is 0.190. The van der Waals surface area contributed by atoms with E-state index in [0.717, 1.165) is 0 Å². The van der Waals surface area contributed by atoms with Gasteiger partial charge >= 0.3 is 5.82 Å². The smallest absolute Gasteiger partial charge is 0.399 e. The molecule has 0 radical (unpaired) electrons. The molecule has 11 heavy (non-hydrogen) atoms. The van der Waals surface area contributed by atoms with Crippen molar-refractivity contribution in [1.29, 1.82) is 0 Å². The van der Waals surface area contributed by atoms with Crippen LogP contribution in [0.5, 0.6) is 0 Å². The predicted molar refractivity (Wildman–Crippen MR) is 42.7 cm³/mol. The first-order valence-corrected chi connectivity index (χ1v) is 3.78. The lowest BCUT2D eigenvalue weighted by atomic mass is 10.2. The number of hydrogen-bond acceptors (Lipinski definition) is 3. The first-order valence-electron chi connectivity index (χ1n) is 3.78. The van der Waals surface area contributed by atoms with Crippen molar-refractivity contribution in [1.82, 2.24) is 0 Å². The van der Waals surface area contributed by atoms with Crippen molar-refractivity contribution in [3.05, 3.63) is 22.6 Å². The third-order valence-corrected chi connectivity index (χ3v) is 1.04. The molecule has 0 atom stereocenters. The lowest BCUT2D eigenvalue weighted by Crippen LogP contribution is -1.88. The van der Waals surface area contributed by atoms with Crippen LogP contribution in [0.4, 0.5) is 0 Å². The molecule has 1 rings (SSSR count). The second kappa shape index (κ2) is 4.77. The molecule has 0 spiro atoms. The van der Waals surface area contributed by atoms with Crippen molar-refractivity contribution in [2.45, 2.75) is 33.6 Å². The Morgan fingerprint density at radius 1 is 1.36 bits per heavy atom. The van der Waals surface area contributed by atoms with E-state index in [-0.39, 0.29) is 5.92 Å². The van der Waals surface area contributed by atoms with Crippen molar-refractivity contribution in [2.75, 3.05) is 0 Å². The van der Waals surface area contributed by atoms with Crippen LogP contribution in [0.25, 0.3) is 0 Å². The van der Waals surface area contributed by atoms with E-state index in [4.69, 9.17) is 0 Å². The van der Waals surface area contributed by atoms with Gasteiger partial charge in [-0.1, -0.05) is 27.7 Å². The highest BCUT2D eigenvalue weighted by Crippen LogP contribution is 2.10. The van der Waals surface area contributed by atoms with Gasteiger partial charge in [0.05, 0.1) is 0 Å². The molecule has 3 heteroatoms. The van der Waals surface area contributed by atoms with Crippen molar-refractivity contribution in [2.24, 2.45) is 0 Å². The summed E-state index contributed by atoms with van der Waals surface area (Å²) in [5, 5.41) is 0. The molecule has 0 aromatic carbocycles. The summed E-state index contributed by atoms with van der Waals surface area (Å²) in [5.41, 5.74) is 0. The van der Waals surface area contributed by atoms with Crippen LogP contribution in [0.15, 0.2) is 19.9 Å². The Morgan fingerprint density at radius 3 is 2.09 bits per heavy atom. The maximum absolute atomic E-state index is 10.3. The Bertz CT molecular complexity index is 231. The van der Waals surface area contributed by atoms with Crippen LogP contribution >= 0.6 is 0 Å². The SMILES string of the molecule is CC.CC(C)c1coc(=O)o1. The fourth-order valence-corrected chi connectivity index (χ4v) is 0.504. The molecular weight excluding hydrogens is 144 g/mol. The maximum Gasteiger partial charge on any atom is 0.518 e. The lowest BCUT2D eigenvalue weighted by Gasteiger charge is -1.91. The van der Waals surface area contributed by atoms with Crippen LogP contribution in [0.2, 0.25) is 0 Å². The molecule has 0 aliphatic carbocycles. The van der Waals surface area contributed by atoms with Crippen molar-refractivity contribution < 1.29 is 8.83 Å². The van der Waals surface area contributed by atoms with Gasteiger partial charge in [-0.3, -0.25) is 0 Å². The van der Waals surface area contributed by atoms with Gasteiger partial charge in [-0.2, -0.15) is 0 Å². The quantitative estimate of drug-likeness (QED) is 0.630. The van der Waals surface area contributed by atoms with E-state index in [1.165, 1.54) is 6.26 Å². The second-order valence-electron chi connectivity index (χ2n) is 2.14. The largest absolute Gasteiger partial charge is 0.518 e. The Labute approximate surface area is 66.0 Å². The van der Waals surface area contributed by atoms with E-state index in [1.54, 1.807) is 0 Å². The van der Waals surface area contributed by atoms with Gasteiger partial charge in [0.2, 0.25) is 0 Å². The highest BCUT2D eigenvalue weighted by molar-refractivity contribution is 4.91. The Kier molecular flexibility index (Phi) is 4.34. The summed E-state index contributed by atoms with van der Waals surface area (Å²) in [4.78, 5) is 10.3. The zero-order valence-electron chi connectivity index (χ0n) is 7.38. The van der Waals surface area contributed by atoms with Gasteiger partial charge in [-0.05, 0) is 0 Å². The highest BCUT2D eigenvalue weighted by Gasteiger charge is 2.03. The van der Waals surface area contributed by atoms with E-state index < -0.39 is 5.82 Å². The van der Waals surface area contributed by atoms with Gasteiger partial charge in [0.1, 0.15) is 12.0 Å². The predicted octanol–water partition coefficient (Wildman–Crippen LogP) is 2.38. The lowest BCUT2D eigenvalue weighted by molar-refractivity contribution is 0.368. The van der Waals surface area contributed by atoms with Gasteiger partial charge in [0, 0.05) is 5.92 Å². The summed E-state index contributed by atoms with van der Waals surface area (Å²) < 4.78 is 9.03. The molecule has 0 bridgehead atoms. The molecule has 1 aromatic rings. The van der Waals surface area contributed by atoms with E-state index in [0.29, 0.717) is 5.76 Å². The fourth-order valence-electron chi connectivity index (χ4n) is 0.504. The van der Waals surface area contributed by atoms with Crippen molar-refractivity contribution in [3.8, 4) is 0 Å². The average molecular weight is 158 g/mol. The van der Waals surface area contributed by atoms with E-state index in [2.05, 4.69) is 8.83 Å². The van der Waals surface area contributed by atoms with Gasteiger partial charge in [-0.15, -0.1) is 0 Å². The van der Waals surface area contributed by atoms with Crippen LogP contribution in [0.3, 0.4) is 0 Å². The molecule has 64 valence electrons. The molecule has 0 amide bonds. The van der Waals surface area contributed by atoms with Crippen LogP contribution in [-0.4, -0.2) is 0 Å². The Hall–Kier alpha value is -0.990. The Morgan fingerprint density at radius 2 is 1.91 bits per heavy atom. The Balaban J connectivity index is 0.000000461. The van der Waals surface area contributed by atoms with E-state index in [1.807, 2.05) is 27.7 Å². The van der Waals surface area contributed by atoms with Gasteiger partial charge in [0.25, 0.3) is 0 Å². The fraction of sp³-hybridized carbons (Fsp3) is 0.625. The highest BCUT2D eigenvalue weighted by atomic mass is 16.6. The topological polar surface area (TPSA) is 43.4 Å². The van der Waals surface area contributed by atoms with E-state index >= 15 is 0 Å². The zero-order valence-corrected chi connectivity index (χ0v) is 7.38. The molecule has 1 heterocycles. The molecule has 3 nitrogen and oxygen atoms in total. The van der Waals surface area contributed by atoms with Gasteiger partial charge in [0.15, 0.2) is 0 Å². The van der Waals surface area contributed by atoms with Gasteiger partial charge in [-0.25, -0.2) is 4.79 Å². The van der Waals surface area contributed by atoms with Crippen LogP contribution in [-0.2, 0) is 0 Å². The third-order valence-electron chi connectivity index (χ3n) is 1.04. The standard InChI is InChI=1S/C6H8O3.C2H6/c1-4(2)5-3-8-6(7)9-5;1-2/h3-4H,1-2H3;1-2H3. The first-order chi connectivity index (χ1) is 5.20. The normalized spacial score (nSPS) is 9.18. The van der Waals surface area contributed by atoms with Crippen molar-refractivity contribution >= 4 is 0 Å². The number of hydrogen-bond donors (Lipinski definition) is 0. The summed E-state index contributed by atoms with van der Waals surface area (Å²) >= 11 is 0. The first kappa shape index (κ1) is 10.0. The average Bonchev–Trinajstić information content (AvgIpc) is 2.40. The minimum absolute atomic E-state index is 0.219. The summed E-state index contributed by atoms with van der Waals surface area (Å²) in [6.45, 7) is 7.85. The zero-order chi connectivity index (χ0) is 8.85. The summed E-state index contributed by atoms with van der Waals surface area (Å²) in [6, 6.07) is 0. The molecule has 0 N–H and O–H groups in total. The van der Waals surface area contributed by atoms with E-state index in [9.17, 15) is 4.79 Å². The minimum Gasteiger partial charge on any atom is -0.399 e. The monoisotopic (exact) mass is 158 g/mol. The molecule has 0 saturated carbocycles. The minimum atomic E-state index is -0.626. The molecule has 0 saturated heterocycles. The maximum atomic E-state index is 10.3. The second-order valence-corrected chi connectivity index (χ2v) is 2.14. The van der Waals surface area contributed by atoms with Crippen LogP contribution < -0.4 is 5.82 Å². The van der Waals surface area contributed by atoms with Crippen LogP contribution in [0, 0.1) is 0 Å². The molecule has 0 aliphatic heterocycles. The molecular formula is C8H14O3. The molecule has 0 unspecified atom stereocenters. The van der Waals surface area contributed by atoms with Gasteiger partial charge < -0.3 is 8.83 Å². The summed E-state index contributed by atoms with van der Waals surface area (Å²) in [7, 11) is 0. The molecule has 0 fully saturated rings.